The third-order valence-electron chi connectivity index (χ3n) is 6.72. The summed E-state index contributed by atoms with van der Waals surface area (Å²) >= 11 is 0. The van der Waals surface area contributed by atoms with Gasteiger partial charge in [0.05, 0.1) is 13.2 Å². The van der Waals surface area contributed by atoms with Crippen LogP contribution in [-0.4, -0.2) is 45.5 Å². The van der Waals surface area contributed by atoms with Crippen LogP contribution in [0.5, 0.6) is 0 Å². The molecule has 0 radical (unpaired) electrons. The SMILES string of the molecule is N[C@H](CC(=O)N1CCn2c(nc(C(F)(F)F)c2C(=O)OCC2CCCC2)C1)Cc1cc(F)c(F)cc1F. The number of rotatable bonds is 7. The van der Waals surface area contributed by atoms with Crippen molar-refractivity contribution in [2.24, 2.45) is 11.7 Å². The fraction of sp³-hybridized carbons (Fsp3) is 0.542. The summed E-state index contributed by atoms with van der Waals surface area (Å²) in [5, 5.41) is 0. The Morgan fingerprint density at radius 2 is 1.76 bits per heavy atom. The first-order chi connectivity index (χ1) is 17.4. The van der Waals surface area contributed by atoms with E-state index in [9.17, 15) is 35.9 Å². The molecule has 1 amide bonds. The van der Waals surface area contributed by atoms with Gasteiger partial charge >= 0.3 is 12.1 Å². The number of benzene rings is 1. The van der Waals surface area contributed by atoms with Gasteiger partial charge in [-0.25, -0.2) is 22.9 Å². The van der Waals surface area contributed by atoms with Crippen molar-refractivity contribution in [3.63, 3.8) is 0 Å². The highest BCUT2D eigenvalue weighted by molar-refractivity contribution is 5.89. The topological polar surface area (TPSA) is 90.5 Å². The smallest absolute Gasteiger partial charge is 0.435 e. The molecule has 37 heavy (non-hydrogen) atoms. The Morgan fingerprint density at radius 3 is 2.43 bits per heavy atom. The molecule has 1 aromatic carbocycles. The number of aromatic nitrogens is 2. The zero-order valence-corrected chi connectivity index (χ0v) is 19.8. The van der Waals surface area contributed by atoms with Gasteiger partial charge in [-0.3, -0.25) is 4.79 Å². The summed E-state index contributed by atoms with van der Waals surface area (Å²) < 4.78 is 87.9. The zero-order chi connectivity index (χ0) is 26.9. The van der Waals surface area contributed by atoms with Crippen molar-refractivity contribution in [3.05, 3.63) is 52.4 Å². The number of esters is 1. The number of carbonyl (C=O) groups excluding carboxylic acids is 2. The maximum atomic E-state index is 13.9. The lowest BCUT2D eigenvalue weighted by atomic mass is 10.0. The molecule has 1 aliphatic carbocycles. The summed E-state index contributed by atoms with van der Waals surface area (Å²) in [5.41, 5.74) is 3.66. The van der Waals surface area contributed by atoms with E-state index in [0.29, 0.717) is 12.1 Å². The van der Waals surface area contributed by atoms with E-state index >= 15 is 0 Å². The van der Waals surface area contributed by atoms with Crippen LogP contribution in [0, 0.1) is 23.4 Å². The first kappa shape index (κ1) is 27.0. The minimum Gasteiger partial charge on any atom is -0.461 e. The lowest BCUT2D eigenvalue weighted by molar-refractivity contribution is -0.141. The molecule has 0 bridgehead atoms. The Balaban J connectivity index is 1.44. The van der Waals surface area contributed by atoms with E-state index in [-0.39, 0.29) is 56.4 Å². The molecule has 13 heteroatoms. The second-order valence-corrected chi connectivity index (χ2v) is 9.46. The Labute approximate surface area is 208 Å². The highest BCUT2D eigenvalue weighted by atomic mass is 19.4. The van der Waals surface area contributed by atoms with Crippen LogP contribution >= 0.6 is 0 Å². The molecule has 1 atom stereocenters. The number of imidazole rings is 1. The predicted molar refractivity (Wildman–Crippen MR) is 117 cm³/mol. The van der Waals surface area contributed by atoms with E-state index in [4.69, 9.17) is 10.5 Å². The van der Waals surface area contributed by atoms with Gasteiger partial charge in [-0.05, 0) is 36.8 Å². The van der Waals surface area contributed by atoms with Crippen molar-refractivity contribution < 1.29 is 40.7 Å². The molecule has 202 valence electrons. The van der Waals surface area contributed by atoms with Crippen LogP contribution in [0.4, 0.5) is 26.3 Å². The molecular formula is C24H26F6N4O3. The van der Waals surface area contributed by atoms with Crippen molar-refractivity contribution in [2.45, 2.75) is 63.8 Å². The molecule has 1 aliphatic heterocycles. The normalized spacial score (nSPS) is 17.1. The molecule has 2 N–H and O–H groups in total. The van der Waals surface area contributed by atoms with Crippen LogP contribution in [0.2, 0.25) is 0 Å². The van der Waals surface area contributed by atoms with Crippen LogP contribution in [0.1, 0.15) is 59.7 Å². The Hall–Kier alpha value is -3.09. The van der Waals surface area contributed by atoms with Crippen molar-refractivity contribution in [1.82, 2.24) is 14.5 Å². The third-order valence-corrected chi connectivity index (χ3v) is 6.72. The third kappa shape index (κ3) is 6.08. The van der Waals surface area contributed by atoms with Gasteiger partial charge in [0.25, 0.3) is 0 Å². The number of alkyl halides is 3. The minimum atomic E-state index is -4.91. The number of hydrogen-bond donors (Lipinski definition) is 1. The molecule has 0 unspecified atom stereocenters. The summed E-state index contributed by atoms with van der Waals surface area (Å²) in [6.07, 6.45) is -1.80. The number of carbonyl (C=O) groups is 2. The first-order valence-corrected chi connectivity index (χ1v) is 11.9. The fourth-order valence-electron chi connectivity index (χ4n) is 4.82. The van der Waals surface area contributed by atoms with Gasteiger partial charge in [0.1, 0.15) is 11.6 Å². The fourth-order valence-corrected chi connectivity index (χ4v) is 4.82. The van der Waals surface area contributed by atoms with E-state index in [1.165, 1.54) is 4.90 Å². The average Bonchev–Trinajstić information content (AvgIpc) is 3.48. The number of nitrogens with two attached hydrogens (primary N) is 1. The van der Waals surface area contributed by atoms with Gasteiger partial charge in [-0.15, -0.1) is 0 Å². The second-order valence-electron chi connectivity index (χ2n) is 9.46. The lowest BCUT2D eigenvalue weighted by Crippen LogP contribution is -2.42. The van der Waals surface area contributed by atoms with Gasteiger partial charge in [-0.2, -0.15) is 13.2 Å². The van der Waals surface area contributed by atoms with Crippen LogP contribution in [0.15, 0.2) is 12.1 Å². The summed E-state index contributed by atoms with van der Waals surface area (Å²) in [6.45, 7) is -0.401. The maximum Gasteiger partial charge on any atom is 0.435 e. The van der Waals surface area contributed by atoms with Gasteiger partial charge in [0.15, 0.2) is 23.0 Å². The zero-order valence-electron chi connectivity index (χ0n) is 19.8. The summed E-state index contributed by atoms with van der Waals surface area (Å²) in [6, 6.07) is 0.0946. The molecule has 0 saturated heterocycles. The largest absolute Gasteiger partial charge is 0.461 e. The monoisotopic (exact) mass is 532 g/mol. The van der Waals surface area contributed by atoms with E-state index in [1.807, 2.05) is 0 Å². The van der Waals surface area contributed by atoms with Gasteiger partial charge in [-0.1, -0.05) is 12.8 Å². The molecule has 2 heterocycles. The number of amides is 1. The minimum absolute atomic E-state index is 0.0192. The van der Waals surface area contributed by atoms with Gasteiger partial charge < -0.3 is 19.9 Å². The summed E-state index contributed by atoms with van der Waals surface area (Å²) in [7, 11) is 0. The van der Waals surface area contributed by atoms with Crippen LogP contribution in [0.3, 0.4) is 0 Å². The number of nitrogens with zero attached hydrogens (tertiary/aromatic N) is 3. The van der Waals surface area contributed by atoms with Crippen LogP contribution < -0.4 is 5.73 Å². The second kappa shape index (κ2) is 10.7. The molecule has 2 aliphatic rings. The molecular weight excluding hydrogens is 506 g/mol. The molecule has 0 spiro atoms. The van der Waals surface area contributed by atoms with Crippen molar-refractivity contribution >= 4 is 11.9 Å². The average molecular weight is 532 g/mol. The molecule has 1 saturated carbocycles. The molecule has 1 aromatic heterocycles. The van der Waals surface area contributed by atoms with Gasteiger partial charge in [0, 0.05) is 31.6 Å². The number of halogens is 6. The highest BCUT2D eigenvalue weighted by Crippen LogP contribution is 2.34. The van der Waals surface area contributed by atoms with E-state index < -0.39 is 52.9 Å². The molecule has 4 rings (SSSR count). The van der Waals surface area contributed by atoms with E-state index in [2.05, 4.69) is 4.98 Å². The Kier molecular flexibility index (Phi) is 7.81. The summed E-state index contributed by atoms with van der Waals surface area (Å²) in [5.74, 6) is -5.25. The number of hydrogen-bond acceptors (Lipinski definition) is 5. The molecule has 1 fully saturated rings. The first-order valence-electron chi connectivity index (χ1n) is 11.9. The molecule has 2 aromatic rings. The Morgan fingerprint density at radius 1 is 1.08 bits per heavy atom. The summed E-state index contributed by atoms with van der Waals surface area (Å²) in [4.78, 5) is 30.3. The van der Waals surface area contributed by atoms with E-state index in [1.54, 1.807) is 0 Å². The lowest BCUT2D eigenvalue weighted by Gasteiger charge is -2.29. The van der Waals surface area contributed by atoms with Gasteiger partial charge in [0.2, 0.25) is 5.91 Å². The quantitative estimate of drug-likeness (QED) is 0.331. The van der Waals surface area contributed by atoms with Crippen molar-refractivity contribution in [1.29, 1.82) is 0 Å². The van der Waals surface area contributed by atoms with Crippen LogP contribution in [-0.2, 0) is 35.2 Å². The maximum absolute atomic E-state index is 13.9. The van der Waals surface area contributed by atoms with E-state index in [0.717, 1.165) is 30.3 Å². The van der Waals surface area contributed by atoms with Crippen molar-refractivity contribution in [2.75, 3.05) is 13.2 Å². The Bertz CT molecular complexity index is 1180. The van der Waals surface area contributed by atoms with Crippen LogP contribution in [0.25, 0.3) is 0 Å². The molecule has 7 nitrogen and oxygen atoms in total. The number of fused-ring (bicyclic) bond motifs is 1. The highest BCUT2D eigenvalue weighted by Gasteiger charge is 2.43. The standard InChI is InChI=1S/C24H26F6N4O3/c25-16-10-18(27)17(26)8-14(16)7-15(31)9-20(35)33-5-6-34-19(11-33)32-22(24(28,29)30)21(34)23(36)37-12-13-3-1-2-4-13/h8,10,13,15H,1-7,9,11-12,31H2/t15-/m0/s1. The van der Waals surface area contributed by atoms with Crippen molar-refractivity contribution in [3.8, 4) is 0 Å². The predicted octanol–water partition coefficient (Wildman–Crippen LogP) is 3.97. The number of ether oxygens (including phenoxy) is 1.